The van der Waals surface area contributed by atoms with Crippen LogP contribution in [0.1, 0.15) is 38.2 Å². The summed E-state index contributed by atoms with van der Waals surface area (Å²) in [6.07, 6.45) is 5.20. The fourth-order valence-electron chi connectivity index (χ4n) is 2.65. The van der Waals surface area contributed by atoms with Crippen molar-refractivity contribution in [2.45, 2.75) is 45.2 Å². The van der Waals surface area contributed by atoms with Gasteiger partial charge in [-0.15, -0.1) is 0 Å². The predicted octanol–water partition coefficient (Wildman–Crippen LogP) is 4.57. The third-order valence-corrected chi connectivity index (χ3v) is 5.87. The molecule has 1 aliphatic heterocycles. The molecule has 1 fully saturated rings. The molecule has 1 aromatic carbocycles. The largest absolute Gasteiger partial charge is 0.310 e. The van der Waals surface area contributed by atoms with E-state index in [1.807, 2.05) is 0 Å². The van der Waals surface area contributed by atoms with E-state index in [1.54, 1.807) is 0 Å². The number of hydrogen-bond donors (Lipinski definition) is 1. The summed E-state index contributed by atoms with van der Waals surface area (Å²) in [6, 6.07) is 7.15. The first kappa shape index (κ1) is 16.5. The van der Waals surface area contributed by atoms with Gasteiger partial charge in [-0.1, -0.05) is 19.4 Å². The monoisotopic (exact) mass is 402 g/mol. The highest BCUT2D eigenvalue weighted by molar-refractivity contribution is 9.13. The highest BCUT2D eigenvalue weighted by atomic mass is 79.9. The predicted molar refractivity (Wildman–Crippen MR) is 93.1 cm³/mol. The molecular weight excluding hydrogens is 380 g/mol. The normalized spacial score (nSPS) is 17.6. The molecule has 1 aromatic rings. The minimum atomic E-state index is 0.676. The van der Waals surface area contributed by atoms with E-state index < -0.39 is 0 Å². The van der Waals surface area contributed by atoms with Gasteiger partial charge in [0, 0.05) is 21.5 Å². The third-order valence-electron chi connectivity index (χ3n) is 3.99. The fraction of sp³-hybridized carbons (Fsp3) is 0.625. The lowest BCUT2D eigenvalue weighted by Crippen LogP contribution is -2.42. The van der Waals surface area contributed by atoms with E-state index in [4.69, 9.17) is 0 Å². The molecule has 0 bridgehead atoms. The zero-order valence-electron chi connectivity index (χ0n) is 12.2. The Morgan fingerprint density at radius 1 is 1.20 bits per heavy atom. The second kappa shape index (κ2) is 8.52. The summed E-state index contributed by atoms with van der Waals surface area (Å²) in [6.45, 7) is 7.02. The molecule has 20 heavy (non-hydrogen) atoms. The number of nitrogens with one attached hydrogen (secondary N) is 1. The lowest BCUT2D eigenvalue weighted by molar-refractivity contribution is 0.195. The molecule has 0 spiro atoms. The molecule has 1 N–H and O–H groups in total. The van der Waals surface area contributed by atoms with E-state index in [9.17, 15) is 0 Å². The number of piperidine rings is 1. The Labute approximate surface area is 139 Å². The first-order chi connectivity index (χ1) is 9.69. The Balaban J connectivity index is 1.71. The summed E-state index contributed by atoms with van der Waals surface area (Å²) in [7, 11) is 0. The van der Waals surface area contributed by atoms with Crippen LogP contribution in [0.25, 0.3) is 0 Å². The minimum absolute atomic E-state index is 0.676. The molecule has 4 heteroatoms. The summed E-state index contributed by atoms with van der Waals surface area (Å²) in [5.41, 5.74) is 1.34. The summed E-state index contributed by atoms with van der Waals surface area (Å²) in [5, 5.41) is 3.70. The number of rotatable bonds is 6. The molecular formula is C16H24Br2N2. The molecule has 0 aliphatic carbocycles. The molecule has 0 aromatic heterocycles. The molecule has 112 valence electrons. The SMILES string of the molecule is CCCCN1CCC(NCc2ccc(Br)c(Br)c2)CC1. The van der Waals surface area contributed by atoms with Crippen molar-refractivity contribution in [1.29, 1.82) is 0 Å². The maximum Gasteiger partial charge on any atom is 0.0320 e. The standard InChI is InChI=1S/C16H24Br2N2/c1-2-3-8-20-9-6-14(7-10-20)19-12-13-4-5-15(17)16(18)11-13/h4-5,11,14,19H,2-3,6-10,12H2,1H3. The van der Waals surface area contributed by atoms with Crippen molar-refractivity contribution >= 4 is 31.9 Å². The molecule has 2 rings (SSSR count). The summed E-state index contributed by atoms with van der Waals surface area (Å²) in [5.74, 6) is 0. The van der Waals surface area contributed by atoms with Crippen molar-refractivity contribution in [2.75, 3.05) is 19.6 Å². The highest BCUT2D eigenvalue weighted by Gasteiger charge is 2.18. The van der Waals surface area contributed by atoms with Crippen molar-refractivity contribution in [3.8, 4) is 0 Å². The summed E-state index contributed by atoms with van der Waals surface area (Å²) in [4.78, 5) is 2.61. The van der Waals surface area contributed by atoms with Crippen LogP contribution in [0.15, 0.2) is 27.1 Å². The average Bonchev–Trinajstić information content (AvgIpc) is 2.47. The maximum atomic E-state index is 3.70. The number of likely N-dealkylation sites (tertiary alicyclic amines) is 1. The van der Waals surface area contributed by atoms with Crippen LogP contribution in [-0.4, -0.2) is 30.6 Å². The van der Waals surface area contributed by atoms with Crippen molar-refractivity contribution in [3.05, 3.63) is 32.7 Å². The second-order valence-electron chi connectivity index (χ2n) is 5.60. The van der Waals surface area contributed by atoms with Gasteiger partial charge in [0.05, 0.1) is 0 Å². The van der Waals surface area contributed by atoms with E-state index in [-0.39, 0.29) is 0 Å². The van der Waals surface area contributed by atoms with Gasteiger partial charge in [0.25, 0.3) is 0 Å². The molecule has 2 nitrogen and oxygen atoms in total. The van der Waals surface area contributed by atoms with E-state index in [1.165, 1.54) is 50.9 Å². The van der Waals surface area contributed by atoms with Gasteiger partial charge in [-0.3, -0.25) is 0 Å². The first-order valence-corrected chi connectivity index (χ1v) is 9.17. The van der Waals surface area contributed by atoms with Crippen LogP contribution in [0.4, 0.5) is 0 Å². The molecule has 1 heterocycles. The smallest absolute Gasteiger partial charge is 0.0320 e. The van der Waals surface area contributed by atoms with Crippen molar-refractivity contribution in [3.63, 3.8) is 0 Å². The van der Waals surface area contributed by atoms with E-state index in [0.29, 0.717) is 6.04 Å². The van der Waals surface area contributed by atoms with Crippen LogP contribution >= 0.6 is 31.9 Å². The Hall–Kier alpha value is 0.1000. The molecule has 0 amide bonds. The van der Waals surface area contributed by atoms with Gasteiger partial charge in [0.15, 0.2) is 0 Å². The number of halogens is 2. The summed E-state index contributed by atoms with van der Waals surface area (Å²) < 4.78 is 2.25. The minimum Gasteiger partial charge on any atom is -0.310 e. The Morgan fingerprint density at radius 3 is 2.60 bits per heavy atom. The second-order valence-corrected chi connectivity index (χ2v) is 7.31. The molecule has 0 unspecified atom stereocenters. The maximum absolute atomic E-state index is 3.70. The van der Waals surface area contributed by atoms with Crippen LogP contribution in [0.2, 0.25) is 0 Å². The molecule has 1 saturated heterocycles. The van der Waals surface area contributed by atoms with Crippen molar-refractivity contribution in [1.82, 2.24) is 10.2 Å². The average molecular weight is 404 g/mol. The van der Waals surface area contributed by atoms with Gasteiger partial charge >= 0.3 is 0 Å². The Morgan fingerprint density at radius 2 is 1.95 bits per heavy atom. The van der Waals surface area contributed by atoms with Crippen LogP contribution in [-0.2, 0) is 6.54 Å². The quantitative estimate of drug-likeness (QED) is 0.748. The number of unbranched alkanes of at least 4 members (excludes halogenated alkanes) is 1. The van der Waals surface area contributed by atoms with Gasteiger partial charge in [0.2, 0.25) is 0 Å². The lowest BCUT2D eigenvalue weighted by atomic mass is 10.0. The first-order valence-electron chi connectivity index (χ1n) is 7.58. The van der Waals surface area contributed by atoms with Gasteiger partial charge in [-0.05, 0) is 88.5 Å². The van der Waals surface area contributed by atoms with Gasteiger partial charge in [-0.2, -0.15) is 0 Å². The number of hydrogen-bond acceptors (Lipinski definition) is 2. The van der Waals surface area contributed by atoms with Crippen molar-refractivity contribution in [2.24, 2.45) is 0 Å². The zero-order valence-corrected chi connectivity index (χ0v) is 15.3. The third kappa shape index (κ3) is 5.14. The molecule has 1 aliphatic rings. The van der Waals surface area contributed by atoms with Gasteiger partial charge in [0.1, 0.15) is 0 Å². The zero-order chi connectivity index (χ0) is 14.4. The van der Waals surface area contributed by atoms with Crippen LogP contribution < -0.4 is 5.32 Å². The molecule has 0 saturated carbocycles. The van der Waals surface area contributed by atoms with Gasteiger partial charge in [-0.25, -0.2) is 0 Å². The number of nitrogens with zero attached hydrogens (tertiary/aromatic N) is 1. The van der Waals surface area contributed by atoms with Crippen LogP contribution in [0.5, 0.6) is 0 Å². The van der Waals surface area contributed by atoms with Crippen LogP contribution in [0.3, 0.4) is 0 Å². The lowest BCUT2D eigenvalue weighted by Gasteiger charge is -2.32. The van der Waals surface area contributed by atoms with Gasteiger partial charge < -0.3 is 10.2 Å². The summed E-state index contributed by atoms with van der Waals surface area (Å²) >= 11 is 7.07. The molecule has 0 radical (unpaired) electrons. The van der Waals surface area contributed by atoms with E-state index in [0.717, 1.165) is 15.5 Å². The van der Waals surface area contributed by atoms with E-state index >= 15 is 0 Å². The fourth-order valence-corrected chi connectivity index (χ4v) is 3.33. The molecule has 0 atom stereocenters. The Kier molecular flexibility index (Phi) is 7.02. The topological polar surface area (TPSA) is 15.3 Å². The van der Waals surface area contributed by atoms with Crippen molar-refractivity contribution < 1.29 is 0 Å². The van der Waals surface area contributed by atoms with E-state index in [2.05, 4.69) is 67.2 Å². The number of benzene rings is 1. The Bertz CT molecular complexity index is 415. The van der Waals surface area contributed by atoms with Crippen LogP contribution in [0, 0.1) is 0 Å². The highest BCUT2D eigenvalue weighted by Crippen LogP contribution is 2.24.